The van der Waals surface area contributed by atoms with Gasteiger partial charge in [-0.1, -0.05) is 12.2 Å². The third-order valence-electron chi connectivity index (χ3n) is 5.98. The topological polar surface area (TPSA) is 122 Å². The molecule has 0 bridgehead atoms. The normalized spacial score (nSPS) is 19.8. The Morgan fingerprint density at radius 2 is 1.91 bits per heavy atom. The molecular formula is C25H23N5O4. The quantitative estimate of drug-likeness (QED) is 0.569. The van der Waals surface area contributed by atoms with Gasteiger partial charge in [0.15, 0.2) is 0 Å². The second-order valence-corrected chi connectivity index (χ2v) is 8.05. The van der Waals surface area contributed by atoms with Crippen molar-refractivity contribution in [2.75, 3.05) is 31.2 Å². The molecule has 1 atom stereocenters. The van der Waals surface area contributed by atoms with Crippen LogP contribution in [0, 0.1) is 6.92 Å². The van der Waals surface area contributed by atoms with Crippen molar-refractivity contribution in [3.8, 4) is 0 Å². The van der Waals surface area contributed by atoms with Crippen LogP contribution in [0.2, 0.25) is 0 Å². The molecule has 1 aromatic carbocycles. The van der Waals surface area contributed by atoms with Gasteiger partial charge in [-0.2, -0.15) is 0 Å². The molecule has 2 N–H and O–H groups in total. The van der Waals surface area contributed by atoms with Crippen molar-refractivity contribution in [3.05, 3.63) is 77.8 Å². The molecule has 1 fully saturated rings. The standard InChI is InChI=1S/C25H23N5O4/c1-15-23(27-7-6-26-15)22(25(32)33)16-2-5-21(31)19(12-16)24-18-4-3-17(13-20(18)28-14-29-24)30-8-10-34-11-9-30/h2-7,12-14,21,31H,8-11H2,1H3,(H,32,33)/b22-16+. The number of allylic oxidation sites excluding steroid dienone is 3. The molecule has 5 rings (SSSR count). The number of carboxylic acid groups (broad SMARTS) is 1. The summed E-state index contributed by atoms with van der Waals surface area (Å²) in [5, 5.41) is 21.5. The average molecular weight is 457 g/mol. The summed E-state index contributed by atoms with van der Waals surface area (Å²) in [5.74, 6) is -1.13. The first kappa shape index (κ1) is 21.9. The molecular weight excluding hydrogens is 434 g/mol. The number of hydrogen-bond acceptors (Lipinski definition) is 8. The van der Waals surface area contributed by atoms with E-state index in [2.05, 4.69) is 24.8 Å². The van der Waals surface area contributed by atoms with Crippen molar-refractivity contribution >= 4 is 33.7 Å². The van der Waals surface area contributed by atoms with Crippen LogP contribution in [-0.2, 0) is 9.53 Å². The number of carbonyl (C=O) groups is 1. The molecule has 3 aromatic rings. The number of aryl methyl sites for hydroxylation is 1. The lowest BCUT2D eigenvalue weighted by atomic mass is 9.91. The molecule has 1 unspecified atom stereocenters. The Kier molecular flexibility index (Phi) is 5.87. The first-order valence-electron chi connectivity index (χ1n) is 10.9. The molecule has 34 heavy (non-hydrogen) atoms. The highest BCUT2D eigenvalue weighted by atomic mass is 16.5. The van der Waals surface area contributed by atoms with Crippen LogP contribution >= 0.6 is 0 Å². The molecule has 0 radical (unpaired) electrons. The number of rotatable bonds is 4. The van der Waals surface area contributed by atoms with E-state index in [1.807, 2.05) is 18.2 Å². The van der Waals surface area contributed by atoms with E-state index < -0.39 is 12.1 Å². The number of aliphatic hydroxyl groups excluding tert-OH is 1. The molecule has 1 saturated heterocycles. The molecule has 1 aliphatic carbocycles. The Balaban J connectivity index is 1.62. The largest absolute Gasteiger partial charge is 0.478 e. The Labute approximate surface area is 195 Å². The number of nitrogens with zero attached hydrogens (tertiary/aromatic N) is 5. The van der Waals surface area contributed by atoms with Crippen molar-refractivity contribution in [3.63, 3.8) is 0 Å². The van der Waals surface area contributed by atoms with Gasteiger partial charge >= 0.3 is 5.97 Å². The van der Waals surface area contributed by atoms with Gasteiger partial charge in [-0.3, -0.25) is 9.97 Å². The smallest absolute Gasteiger partial charge is 0.338 e. The number of aliphatic carboxylic acids is 1. The first-order chi connectivity index (χ1) is 16.5. The number of morpholine rings is 1. The second kappa shape index (κ2) is 9.12. The fourth-order valence-electron chi connectivity index (χ4n) is 4.27. The lowest BCUT2D eigenvalue weighted by Gasteiger charge is -2.29. The van der Waals surface area contributed by atoms with Crippen molar-refractivity contribution in [1.29, 1.82) is 0 Å². The van der Waals surface area contributed by atoms with Crippen LogP contribution in [0.1, 0.15) is 17.1 Å². The summed E-state index contributed by atoms with van der Waals surface area (Å²) >= 11 is 0. The van der Waals surface area contributed by atoms with Gasteiger partial charge in [0.25, 0.3) is 0 Å². The van der Waals surface area contributed by atoms with E-state index >= 15 is 0 Å². The zero-order valence-electron chi connectivity index (χ0n) is 18.5. The van der Waals surface area contributed by atoms with Crippen molar-refractivity contribution in [1.82, 2.24) is 19.9 Å². The predicted octanol–water partition coefficient (Wildman–Crippen LogP) is 2.42. The van der Waals surface area contributed by atoms with Crippen LogP contribution in [0.5, 0.6) is 0 Å². The van der Waals surface area contributed by atoms with E-state index in [1.165, 1.54) is 18.7 Å². The monoisotopic (exact) mass is 457 g/mol. The van der Waals surface area contributed by atoms with E-state index in [1.54, 1.807) is 25.2 Å². The van der Waals surface area contributed by atoms with Crippen molar-refractivity contribution < 1.29 is 19.7 Å². The van der Waals surface area contributed by atoms with Crippen LogP contribution in [0.4, 0.5) is 5.69 Å². The Hall–Kier alpha value is -3.95. The summed E-state index contributed by atoms with van der Waals surface area (Å²) in [6.07, 6.45) is 8.28. The Bertz CT molecular complexity index is 1360. The zero-order chi connectivity index (χ0) is 23.7. The molecule has 2 aliphatic rings. The summed E-state index contributed by atoms with van der Waals surface area (Å²) in [7, 11) is 0. The summed E-state index contributed by atoms with van der Waals surface area (Å²) < 4.78 is 5.44. The molecule has 9 nitrogen and oxygen atoms in total. The second-order valence-electron chi connectivity index (χ2n) is 8.05. The Morgan fingerprint density at radius 3 is 2.68 bits per heavy atom. The number of aliphatic hydroxyl groups is 1. The van der Waals surface area contributed by atoms with E-state index in [9.17, 15) is 15.0 Å². The maximum Gasteiger partial charge on any atom is 0.338 e. The number of carboxylic acids is 1. The fraction of sp³-hybridized carbons (Fsp3) is 0.240. The zero-order valence-corrected chi connectivity index (χ0v) is 18.5. The minimum absolute atomic E-state index is 0.0132. The van der Waals surface area contributed by atoms with Crippen LogP contribution < -0.4 is 4.90 Å². The van der Waals surface area contributed by atoms with Gasteiger partial charge in [-0.05, 0) is 36.8 Å². The van der Waals surface area contributed by atoms with Gasteiger partial charge in [-0.25, -0.2) is 14.8 Å². The molecule has 0 saturated carbocycles. The van der Waals surface area contributed by atoms with E-state index in [-0.39, 0.29) is 11.3 Å². The van der Waals surface area contributed by atoms with Gasteiger partial charge in [-0.15, -0.1) is 0 Å². The third-order valence-corrected chi connectivity index (χ3v) is 5.98. The summed E-state index contributed by atoms with van der Waals surface area (Å²) in [6.45, 7) is 4.70. The lowest BCUT2D eigenvalue weighted by Crippen LogP contribution is -2.36. The van der Waals surface area contributed by atoms with E-state index in [4.69, 9.17) is 4.74 Å². The van der Waals surface area contributed by atoms with Crippen molar-refractivity contribution in [2.45, 2.75) is 13.0 Å². The predicted molar refractivity (Wildman–Crippen MR) is 127 cm³/mol. The average Bonchev–Trinajstić information content (AvgIpc) is 2.86. The molecule has 0 spiro atoms. The summed E-state index contributed by atoms with van der Waals surface area (Å²) in [4.78, 5) is 31.7. The highest BCUT2D eigenvalue weighted by Gasteiger charge is 2.24. The summed E-state index contributed by atoms with van der Waals surface area (Å²) in [6, 6.07) is 5.95. The minimum atomic E-state index is -1.13. The fourth-order valence-corrected chi connectivity index (χ4v) is 4.27. The maximum atomic E-state index is 12.2. The van der Waals surface area contributed by atoms with Gasteiger partial charge < -0.3 is 19.8 Å². The molecule has 3 heterocycles. The highest BCUT2D eigenvalue weighted by molar-refractivity contribution is 6.17. The molecule has 172 valence electrons. The van der Waals surface area contributed by atoms with Crippen LogP contribution in [0.15, 0.2) is 60.7 Å². The number of aromatic nitrogens is 4. The molecule has 9 heteroatoms. The highest BCUT2D eigenvalue weighted by Crippen LogP contribution is 2.33. The number of anilines is 1. The van der Waals surface area contributed by atoms with Crippen molar-refractivity contribution in [2.24, 2.45) is 0 Å². The summed E-state index contributed by atoms with van der Waals surface area (Å²) in [5.41, 5.74) is 4.04. The molecule has 1 aliphatic heterocycles. The van der Waals surface area contributed by atoms with Crippen LogP contribution in [0.3, 0.4) is 0 Å². The van der Waals surface area contributed by atoms with Gasteiger partial charge in [0.05, 0.1) is 47.5 Å². The lowest BCUT2D eigenvalue weighted by molar-refractivity contribution is -0.130. The van der Waals surface area contributed by atoms with Gasteiger partial charge in [0, 0.05) is 42.1 Å². The van der Waals surface area contributed by atoms with E-state index in [0.717, 1.165) is 29.7 Å². The minimum Gasteiger partial charge on any atom is -0.478 e. The maximum absolute atomic E-state index is 12.2. The molecule has 0 amide bonds. The third kappa shape index (κ3) is 4.07. The van der Waals surface area contributed by atoms with Gasteiger partial charge in [0.2, 0.25) is 0 Å². The van der Waals surface area contributed by atoms with Crippen LogP contribution in [0.25, 0.3) is 22.0 Å². The SMILES string of the molecule is Cc1nccnc1/C(C(=O)O)=C1/C=CC(O)C(c2ncnc3cc(N4CCOCC4)ccc23)=C1. The molecule has 2 aromatic heterocycles. The van der Waals surface area contributed by atoms with Gasteiger partial charge in [0.1, 0.15) is 6.33 Å². The number of ether oxygens (including phenoxy) is 1. The number of hydrogen-bond donors (Lipinski definition) is 2. The number of fused-ring (bicyclic) bond motifs is 1. The first-order valence-corrected chi connectivity index (χ1v) is 10.9. The van der Waals surface area contributed by atoms with Crippen LogP contribution in [-0.4, -0.2) is 68.5 Å². The number of benzene rings is 1. The Morgan fingerprint density at radius 1 is 1.12 bits per heavy atom. The van der Waals surface area contributed by atoms with E-state index in [0.29, 0.717) is 35.7 Å².